The van der Waals surface area contributed by atoms with E-state index in [1.54, 1.807) is 17.5 Å². The Morgan fingerprint density at radius 1 is 1.11 bits per heavy atom. The van der Waals surface area contributed by atoms with Crippen molar-refractivity contribution in [2.45, 2.75) is 13.0 Å². The number of aromatic nitrogens is 7. The van der Waals surface area contributed by atoms with Crippen LogP contribution < -0.4 is 21.2 Å². The van der Waals surface area contributed by atoms with Gasteiger partial charge in [0.05, 0.1) is 33.8 Å². The van der Waals surface area contributed by atoms with Crippen molar-refractivity contribution in [1.29, 1.82) is 0 Å². The van der Waals surface area contributed by atoms with Crippen molar-refractivity contribution in [1.82, 2.24) is 35.1 Å². The number of imidazole rings is 1. The number of aromatic amines is 2. The van der Waals surface area contributed by atoms with Crippen LogP contribution in [0, 0.1) is 5.92 Å². The molecule has 1 atom stereocenters. The maximum Gasteiger partial charge on any atom is 0.159 e. The van der Waals surface area contributed by atoms with Gasteiger partial charge >= 0.3 is 0 Å². The van der Waals surface area contributed by atoms with E-state index >= 15 is 0 Å². The van der Waals surface area contributed by atoms with Crippen LogP contribution in [0.15, 0.2) is 48.2 Å². The number of nitrogens with two attached hydrogens (primary N) is 1. The Hall–Kier alpha value is -4.15. The fourth-order valence-corrected chi connectivity index (χ4v) is 5.48. The molecule has 9 nitrogen and oxygen atoms in total. The summed E-state index contributed by atoms with van der Waals surface area (Å²) in [4.78, 5) is 25.6. The smallest absolute Gasteiger partial charge is 0.159 e. The predicted octanol–water partition coefficient (Wildman–Crippen LogP) is 2.31. The van der Waals surface area contributed by atoms with E-state index in [-0.39, 0.29) is 12.0 Å². The van der Waals surface area contributed by atoms with Crippen molar-refractivity contribution in [2.75, 3.05) is 18.0 Å². The lowest BCUT2D eigenvalue weighted by molar-refractivity contribution is 0.513. The largest absolute Gasteiger partial charge is 0.352 e. The molecule has 0 unspecified atom stereocenters. The van der Waals surface area contributed by atoms with Gasteiger partial charge in [-0.1, -0.05) is 25.1 Å². The molecule has 0 radical (unpaired) electrons. The highest BCUT2D eigenvalue weighted by Crippen LogP contribution is 2.30. The zero-order chi connectivity index (χ0) is 24.2. The van der Waals surface area contributed by atoms with Gasteiger partial charge in [-0.25, -0.2) is 9.97 Å². The van der Waals surface area contributed by atoms with Gasteiger partial charge in [0.2, 0.25) is 0 Å². The molecule has 0 spiro atoms. The van der Waals surface area contributed by atoms with Gasteiger partial charge < -0.3 is 15.6 Å². The van der Waals surface area contributed by atoms with Gasteiger partial charge in [0.15, 0.2) is 5.82 Å². The first-order chi connectivity index (χ1) is 17.6. The maximum atomic E-state index is 5.97. The van der Waals surface area contributed by atoms with E-state index in [1.165, 1.54) is 0 Å². The Bertz CT molecular complexity index is 1740. The highest BCUT2D eigenvalue weighted by Gasteiger charge is 2.25. The van der Waals surface area contributed by atoms with E-state index < -0.39 is 0 Å². The molecule has 6 heterocycles. The van der Waals surface area contributed by atoms with Crippen LogP contribution in [-0.4, -0.2) is 54.2 Å². The summed E-state index contributed by atoms with van der Waals surface area (Å²) in [6.07, 6.45) is 11.9. The molecule has 1 aliphatic heterocycles. The van der Waals surface area contributed by atoms with E-state index in [0.717, 1.165) is 68.0 Å². The molecule has 4 N–H and O–H groups in total. The summed E-state index contributed by atoms with van der Waals surface area (Å²) >= 11 is 1.65. The van der Waals surface area contributed by atoms with Crippen molar-refractivity contribution in [3.05, 3.63) is 64.5 Å². The third-order valence-electron chi connectivity index (χ3n) is 6.54. The summed E-state index contributed by atoms with van der Waals surface area (Å²) in [6.45, 7) is 3.75. The molecule has 5 aromatic rings. The second-order valence-corrected chi connectivity index (χ2v) is 10.2. The number of nitrogens with one attached hydrogen (secondary N) is 2. The van der Waals surface area contributed by atoms with Crippen LogP contribution >= 0.6 is 11.3 Å². The molecule has 5 aromatic heterocycles. The van der Waals surface area contributed by atoms with Crippen molar-refractivity contribution in [2.24, 2.45) is 11.7 Å². The zero-order valence-electron chi connectivity index (χ0n) is 19.5. The molecule has 36 heavy (non-hydrogen) atoms. The van der Waals surface area contributed by atoms with Crippen molar-refractivity contribution >= 4 is 45.9 Å². The molecular weight excluding hydrogens is 470 g/mol. The highest BCUT2D eigenvalue weighted by atomic mass is 32.1. The summed E-state index contributed by atoms with van der Waals surface area (Å²) < 4.78 is 0. The van der Waals surface area contributed by atoms with Gasteiger partial charge in [0.1, 0.15) is 22.7 Å². The van der Waals surface area contributed by atoms with Gasteiger partial charge in [-0.05, 0) is 35.1 Å². The number of H-pyrrole nitrogens is 2. The Labute approximate surface area is 210 Å². The van der Waals surface area contributed by atoms with Gasteiger partial charge in [-0.15, -0.1) is 11.3 Å². The summed E-state index contributed by atoms with van der Waals surface area (Å²) in [6, 6.07) is 6.23. The Morgan fingerprint density at radius 2 is 2.03 bits per heavy atom. The molecule has 7 rings (SSSR count). The standard InChI is InChI=1S/C26H23N9S/c1-14-7-15(20-10-28-11-22(30-20)35-12-16(27)13-35)9-17-19(8-14)33-34-23(17)26-31-18-4-5-29-25(24(18)32-26)21-3-2-6-36-21/h2-11,14,16,33H,12-13,27H2,1H3,(H,31,32)/t14-/m0/s1. The Balaban J connectivity index is 1.34. The zero-order valence-corrected chi connectivity index (χ0v) is 20.3. The number of allylic oxidation sites excluding steroid dienone is 2. The van der Waals surface area contributed by atoms with E-state index in [9.17, 15) is 0 Å². The molecule has 178 valence electrons. The molecule has 1 saturated heterocycles. The van der Waals surface area contributed by atoms with Gasteiger partial charge in [-0.2, -0.15) is 5.10 Å². The van der Waals surface area contributed by atoms with Crippen LogP contribution in [0.1, 0.15) is 12.6 Å². The number of hydrogen-bond donors (Lipinski definition) is 3. The van der Waals surface area contributed by atoms with Crippen LogP contribution in [0.5, 0.6) is 0 Å². The second kappa shape index (κ2) is 8.21. The first kappa shape index (κ1) is 21.2. The van der Waals surface area contributed by atoms with Crippen molar-refractivity contribution in [3.8, 4) is 22.1 Å². The Morgan fingerprint density at radius 3 is 2.86 bits per heavy atom. The molecule has 0 aromatic carbocycles. The number of anilines is 1. The predicted molar refractivity (Wildman–Crippen MR) is 142 cm³/mol. The van der Waals surface area contributed by atoms with E-state index in [2.05, 4.69) is 61.3 Å². The molecule has 10 heteroatoms. The maximum absolute atomic E-state index is 5.97. The first-order valence-corrected chi connectivity index (χ1v) is 12.7. The van der Waals surface area contributed by atoms with Gasteiger partial charge in [0, 0.05) is 30.5 Å². The van der Waals surface area contributed by atoms with Gasteiger partial charge in [0.25, 0.3) is 0 Å². The summed E-state index contributed by atoms with van der Waals surface area (Å²) in [5.41, 5.74) is 11.2. The number of rotatable bonds is 4. The normalized spacial score (nSPS) is 17.7. The molecule has 2 aliphatic rings. The first-order valence-electron chi connectivity index (χ1n) is 11.8. The molecule has 0 amide bonds. The fourth-order valence-electron chi connectivity index (χ4n) is 4.76. The highest BCUT2D eigenvalue weighted by molar-refractivity contribution is 7.13. The van der Waals surface area contributed by atoms with Crippen molar-refractivity contribution in [3.63, 3.8) is 0 Å². The number of thiophene rings is 1. The lowest BCUT2D eigenvalue weighted by atomic mass is 10.1. The lowest BCUT2D eigenvalue weighted by Gasteiger charge is -2.37. The second-order valence-electron chi connectivity index (χ2n) is 9.24. The molecular formula is C26H23N9S. The molecule has 0 bridgehead atoms. The third-order valence-corrected chi connectivity index (χ3v) is 7.41. The minimum atomic E-state index is 0.180. The van der Waals surface area contributed by atoms with Crippen LogP contribution in [0.25, 0.3) is 50.8 Å². The molecule has 1 fully saturated rings. The van der Waals surface area contributed by atoms with Crippen molar-refractivity contribution < 1.29 is 0 Å². The third kappa shape index (κ3) is 3.53. The number of nitrogens with zero attached hydrogens (tertiary/aromatic N) is 6. The monoisotopic (exact) mass is 493 g/mol. The molecule has 1 aliphatic carbocycles. The van der Waals surface area contributed by atoms with Crippen LogP contribution in [0.3, 0.4) is 0 Å². The average Bonchev–Trinajstić information content (AvgIpc) is 3.60. The molecule has 0 saturated carbocycles. The van der Waals surface area contributed by atoms with Crippen LogP contribution in [-0.2, 0) is 0 Å². The fraction of sp³-hybridized carbons (Fsp3) is 0.192. The number of pyridine rings is 1. The topological polar surface area (TPSA) is 125 Å². The van der Waals surface area contributed by atoms with E-state index in [4.69, 9.17) is 15.7 Å². The average molecular weight is 494 g/mol. The van der Waals surface area contributed by atoms with Crippen LogP contribution in [0.4, 0.5) is 5.82 Å². The minimum absolute atomic E-state index is 0.180. The Kier molecular flexibility index (Phi) is 4.83. The number of hydrogen-bond acceptors (Lipinski definition) is 8. The van der Waals surface area contributed by atoms with Gasteiger partial charge in [-0.3, -0.25) is 15.1 Å². The summed E-state index contributed by atoms with van der Waals surface area (Å²) in [5.74, 6) is 1.73. The number of fused-ring (bicyclic) bond motifs is 2. The minimum Gasteiger partial charge on any atom is -0.352 e. The summed E-state index contributed by atoms with van der Waals surface area (Å²) in [5, 5.41) is 11.8. The summed E-state index contributed by atoms with van der Waals surface area (Å²) in [7, 11) is 0. The quantitative estimate of drug-likeness (QED) is 0.351. The SMILES string of the molecule is C[C@H]1C=C(c2cncc(N3CC(N)C3)n2)C=c2c(-c3nc4c(-c5cccs5)nccc4[nH]3)n[nH]c2=C1. The van der Waals surface area contributed by atoms with E-state index in [0.29, 0.717) is 5.82 Å². The van der Waals surface area contributed by atoms with Crippen LogP contribution in [0.2, 0.25) is 0 Å². The van der Waals surface area contributed by atoms with E-state index in [1.807, 2.05) is 29.9 Å². The lowest BCUT2D eigenvalue weighted by Crippen LogP contribution is -2.56.